The number of carbonyl (C=O) groups is 1. The number of furan rings is 1. The molecular formula is C17H20N2O3. The van der Waals surface area contributed by atoms with Gasteiger partial charge in [-0.25, -0.2) is 0 Å². The molecule has 1 aliphatic rings. The summed E-state index contributed by atoms with van der Waals surface area (Å²) in [5.74, 6) is 2.15. The van der Waals surface area contributed by atoms with Gasteiger partial charge in [0, 0.05) is 0 Å². The van der Waals surface area contributed by atoms with Gasteiger partial charge < -0.3 is 19.8 Å². The molecule has 0 spiro atoms. The smallest absolute Gasteiger partial charge is 0.239 e. The Kier molecular flexibility index (Phi) is 4.63. The normalized spacial score (nSPS) is 13.6. The third-order valence-electron chi connectivity index (χ3n) is 3.54. The maximum atomic E-state index is 11.8. The van der Waals surface area contributed by atoms with E-state index in [0.29, 0.717) is 12.5 Å². The number of para-hydroxylation sites is 2. The Morgan fingerprint density at radius 1 is 1.23 bits per heavy atom. The van der Waals surface area contributed by atoms with Gasteiger partial charge in [0.1, 0.15) is 11.5 Å². The summed E-state index contributed by atoms with van der Waals surface area (Å²) in [4.78, 5) is 11.8. The molecule has 0 unspecified atom stereocenters. The van der Waals surface area contributed by atoms with E-state index in [1.54, 1.807) is 12.3 Å². The molecular weight excluding hydrogens is 280 g/mol. The predicted octanol–water partition coefficient (Wildman–Crippen LogP) is 2.80. The molecule has 0 aliphatic heterocycles. The minimum Gasteiger partial charge on any atom is -0.491 e. The Labute approximate surface area is 129 Å². The van der Waals surface area contributed by atoms with Crippen molar-refractivity contribution in [3.05, 3.63) is 48.4 Å². The summed E-state index contributed by atoms with van der Waals surface area (Å²) in [6, 6.07) is 11.3. The predicted molar refractivity (Wildman–Crippen MR) is 83.7 cm³/mol. The molecule has 1 aromatic heterocycles. The molecule has 2 N–H and O–H groups in total. The summed E-state index contributed by atoms with van der Waals surface area (Å²) >= 11 is 0. The Hall–Kier alpha value is -2.43. The van der Waals surface area contributed by atoms with Gasteiger partial charge in [0.2, 0.25) is 5.91 Å². The van der Waals surface area contributed by atoms with Gasteiger partial charge in [-0.1, -0.05) is 12.1 Å². The lowest BCUT2D eigenvalue weighted by Crippen LogP contribution is -2.29. The van der Waals surface area contributed by atoms with Crippen molar-refractivity contribution in [3.8, 4) is 5.75 Å². The topological polar surface area (TPSA) is 63.5 Å². The van der Waals surface area contributed by atoms with Gasteiger partial charge in [-0.05, 0) is 43.0 Å². The Morgan fingerprint density at radius 2 is 2.09 bits per heavy atom. The van der Waals surface area contributed by atoms with Crippen molar-refractivity contribution in [1.29, 1.82) is 0 Å². The van der Waals surface area contributed by atoms with Crippen molar-refractivity contribution < 1.29 is 13.9 Å². The molecule has 1 heterocycles. The molecule has 0 radical (unpaired) electrons. The summed E-state index contributed by atoms with van der Waals surface area (Å²) < 4.78 is 11.0. The average Bonchev–Trinajstić information content (AvgIpc) is 3.23. The molecule has 0 saturated heterocycles. The Bertz CT molecular complexity index is 606. The SMILES string of the molecule is O=C(CNc1ccccc1OCC1CC1)NCc1ccco1. The number of hydrogen-bond donors (Lipinski definition) is 2. The number of amides is 1. The van der Waals surface area contributed by atoms with E-state index in [1.165, 1.54) is 12.8 Å². The van der Waals surface area contributed by atoms with E-state index in [2.05, 4.69) is 10.6 Å². The van der Waals surface area contributed by atoms with Crippen LogP contribution in [-0.2, 0) is 11.3 Å². The lowest BCUT2D eigenvalue weighted by atomic mass is 10.3. The van der Waals surface area contributed by atoms with Crippen LogP contribution in [0.15, 0.2) is 47.1 Å². The standard InChI is InChI=1S/C17H20N2O3/c20-17(19-10-14-4-3-9-21-14)11-18-15-5-1-2-6-16(15)22-12-13-7-8-13/h1-6,9,13,18H,7-8,10-12H2,(H,19,20). The fourth-order valence-electron chi connectivity index (χ4n) is 2.07. The molecule has 2 aromatic rings. The molecule has 1 amide bonds. The summed E-state index contributed by atoms with van der Waals surface area (Å²) in [7, 11) is 0. The minimum atomic E-state index is -0.0894. The van der Waals surface area contributed by atoms with E-state index in [-0.39, 0.29) is 12.5 Å². The first-order chi connectivity index (χ1) is 10.8. The van der Waals surface area contributed by atoms with Crippen LogP contribution in [0.1, 0.15) is 18.6 Å². The molecule has 5 nitrogen and oxygen atoms in total. The molecule has 1 aliphatic carbocycles. The van der Waals surface area contributed by atoms with Gasteiger partial charge in [0.25, 0.3) is 0 Å². The molecule has 1 aromatic carbocycles. The number of carbonyl (C=O) groups excluding carboxylic acids is 1. The van der Waals surface area contributed by atoms with Crippen molar-refractivity contribution in [2.45, 2.75) is 19.4 Å². The summed E-state index contributed by atoms with van der Waals surface area (Å²) in [6.07, 6.45) is 4.10. The van der Waals surface area contributed by atoms with Crippen LogP contribution in [0.25, 0.3) is 0 Å². The third-order valence-corrected chi connectivity index (χ3v) is 3.54. The second-order valence-electron chi connectivity index (χ2n) is 5.46. The Morgan fingerprint density at radius 3 is 2.86 bits per heavy atom. The third kappa shape index (κ3) is 4.28. The van der Waals surface area contributed by atoms with Gasteiger partial charge in [-0.15, -0.1) is 0 Å². The maximum Gasteiger partial charge on any atom is 0.239 e. The van der Waals surface area contributed by atoms with E-state index in [9.17, 15) is 4.79 Å². The van der Waals surface area contributed by atoms with Gasteiger partial charge >= 0.3 is 0 Å². The Balaban J connectivity index is 1.46. The van der Waals surface area contributed by atoms with Gasteiger partial charge in [0.05, 0.1) is 31.6 Å². The number of benzene rings is 1. The van der Waals surface area contributed by atoms with E-state index in [4.69, 9.17) is 9.15 Å². The van der Waals surface area contributed by atoms with Crippen LogP contribution in [0.4, 0.5) is 5.69 Å². The second-order valence-corrected chi connectivity index (χ2v) is 5.46. The first kappa shape index (κ1) is 14.5. The number of anilines is 1. The van der Waals surface area contributed by atoms with Crippen LogP contribution < -0.4 is 15.4 Å². The van der Waals surface area contributed by atoms with Gasteiger partial charge in [0.15, 0.2) is 0 Å². The lowest BCUT2D eigenvalue weighted by Gasteiger charge is -2.12. The molecule has 1 saturated carbocycles. The zero-order valence-corrected chi connectivity index (χ0v) is 12.4. The lowest BCUT2D eigenvalue weighted by molar-refractivity contribution is -0.119. The zero-order valence-electron chi connectivity index (χ0n) is 12.4. The fraction of sp³-hybridized carbons (Fsp3) is 0.353. The summed E-state index contributed by atoms with van der Waals surface area (Å²) in [5.41, 5.74) is 0.844. The molecule has 0 atom stereocenters. The first-order valence-corrected chi connectivity index (χ1v) is 7.56. The second kappa shape index (κ2) is 7.02. The van der Waals surface area contributed by atoms with E-state index in [0.717, 1.165) is 23.8 Å². The molecule has 0 bridgehead atoms. The van der Waals surface area contributed by atoms with Gasteiger partial charge in [-0.2, -0.15) is 0 Å². The first-order valence-electron chi connectivity index (χ1n) is 7.56. The van der Waals surface area contributed by atoms with Crippen molar-refractivity contribution in [1.82, 2.24) is 5.32 Å². The van der Waals surface area contributed by atoms with Crippen LogP contribution in [0.5, 0.6) is 5.75 Å². The molecule has 22 heavy (non-hydrogen) atoms. The van der Waals surface area contributed by atoms with E-state index < -0.39 is 0 Å². The quantitative estimate of drug-likeness (QED) is 0.787. The number of hydrogen-bond acceptors (Lipinski definition) is 4. The number of rotatable bonds is 8. The molecule has 116 valence electrons. The van der Waals surface area contributed by atoms with E-state index >= 15 is 0 Å². The highest BCUT2D eigenvalue weighted by Gasteiger charge is 2.22. The molecule has 1 fully saturated rings. The monoisotopic (exact) mass is 300 g/mol. The van der Waals surface area contributed by atoms with Crippen LogP contribution in [-0.4, -0.2) is 19.1 Å². The van der Waals surface area contributed by atoms with Gasteiger partial charge in [-0.3, -0.25) is 4.79 Å². The van der Waals surface area contributed by atoms with Crippen LogP contribution in [0.3, 0.4) is 0 Å². The highest BCUT2D eigenvalue weighted by atomic mass is 16.5. The fourth-order valence-corrected chi connectivity index (χ4v) is 2.07. The van der Waals surface area contributed by atoms with Crippen molar-refractivity contribution in [2.75, 3.05) is 18.5 Å². The van der Waals surface area contributed by atoms with Crippen molar-refractivity contribution in [3.63, 3.8) is 0 Å². The van der Waals surface area contributed by atoms with E-state index in [1.807, 2.05) is 30.3 Å². The zero-order chi connectivity index (χ0) is 15.2. The highest BCUT2D eigenvalue weighted by Crippen LogP contribution is 2.31. The average molecular weight is 300 g/mol. The largest absolute Gasteiger partial charge is 0.491 e. The minimum absolute atomic E-state index is 0.0894. The molecule has 3 rings (SSSR count). The number of nitrogens with one attached hydrogen (secondary N) is 2. The van der Waals surface area contributed by atoms with Crippen molar-refractivity contribution >= 4 is 11.6 Å². The van der Waals surface area contributed by atoms with Crippen LogP contribution >= 0.6 is 0 Å². The van der Waals surface area contributed by atoms with Crippen LogP contribution in [0, 0.1) is 5.92 Å². The maximum absolute atomic E-state index is 11.8. The summed E-state index contributed by atoms with van der Waals surface area (Å²) in [5, 5.41) is 5.92. The van der Waals surface area contributed by atoms with Crippen molar-refractivity contribution in [2.24, 2.45) is 5.92 Å². The summed E-state index contributed by atoms with van der Waals surface area (Å²) in [6.45, 7) is 1.35. The molecule has 5 heteroatoms. The highest BCUT2D eigenvalue weighted by molar-refractivity contribution is 5.81. The number of ether oxygens (including phenoxy) is 1. The van der Waals surface area contributed by atoms with Crippen LogP contribution in [0.2, 0.25) is 0 Å².